The first-order valence-electron chi connectivity index (χ1n) is 5.73. The first kappa shape index (κ1) is 13.1. The summed E-state index contributed by atoms with van der Waals surface area (Å²) in [6.07, 6.45) is 0.791. The maximum Gasteiger partial charge on any atom is 0.145 e. The van der Waals surface area contributed by atoms with Crippen molar-refractivity contribution in [3.8, 4) is 17.1 Å². The number of hydrogen-bond donors (Lipinski definition) is 1. The van der Waals surface area contributed by atoms with Crippen LogP contribution in [0.5, 0.6) is 5.75 Å². The maximum atomic E-state index is 5.62. The van der Waals surface area contributed by atoms with Crippen molar-refractivity contribution in [2.24, 2.45) is 12.8 Å². The molecule has 4 nitrogen and oxygen atoms in total. The Morgan fingerprint density at radius 1 is 1.39 bits per heavy atom. The first-order valence-corrected chi connectivity index (χ1v) is 6.53. The van der Waals surface area contributed by atoms with E-state index in [1.165, 1.54) is 0 Å². The molecule has 0 aliphatic carbocycles. The van der Waals surface area contributed by atoms with Crippen LogP contribution in [-0.4, -0.2) is 23.2 Å². The molecule has 0 saturated carbocycles. The second-order valence-electron chi connectivity index (χ2n) is 3.97. The third-order valence-electron chi connectivity index (χ3n) is 2.89. The number of nitrogens with two attached hydrogens (primary N) is 1. The molecule has 0 amide bonds. The van der Waals surface area contributed by atoms with Gasteiger partial charge in [-0.3, -0.25) is 0 Å². The molecule has 0 fully saturated rings. The SMILES string of the molecule is COc1ccccc1-c1nc(Br)c(CCN)n1C. The van der Waals surface area contributed by atoms with E-state index in [9.17, 15) is 0 Å². The summed E-state index contributed by atoms with van der Waals surface area (Å²) in [6.45, 7) is 0.601. The summed E-state index contributed by atoms with van der Waals surface area (Å²) >= 11 is 3.48. The van der Waals surface area contributed by atoms with Crippen LogP contribution in [0.25, 0.3) is 11.4 Å². The number of methoxy groups -OCH3 is 1. The number of imidazole rings is 1. The number of aromatic nitrogens is 2. The molecule has 2 rings (SSSR count). The highest BCUT2D eigenvalue weighted by Gasteiger charge is 2.16. The number of halogens is 1. The lowest BCUT2D eigenvalue weighted by molar-refractivity contribution is 0.416. The fraction of sp³-hybridized carbons (Fsp3) is 0.308. The zero-order valence-corrected chi connectivity index (χ0v) is 12.1. The number of benzene rings is 1. The summed E-state index contributed by atoms with van der Waals surface area (Å²) in [6, 6.07) is 7.85. The minimum atomic E-state index is 0.601. The maximum absolute atomic E-state index is 5.62. The van der Waals surface area contributed by atoms with Crippen LogP contribution in [0.15, 0.2) is 28.9 Å². The zero-order chi connectivity index (χ0) is 13.1. The van der Waals surface area contributed by atoms with E-state index in [0.717, 1.165) is 33.9 Å². The van der Waals surface area contributed by atoms with Gasteiger partial charge in [0.05, 0.1) is 18.4 Å². The van der Waals surface area contributed by atoms with Gasteiger partial charge in [-0.05, 0) is 34.6 Å². The van der Waals surface area contributed by atoms with Crippen molar-refractivity contribution >= 4 is 15.9 Å². The Labute approximate surface area is 115 Å². The van der Waals surface area contributed by atoms with E-state index < -0.39 is 0 Å². The Kier molecular flexibility index (Phi) is 4.04. The second kappa shape index (κ2) is 5.54. The van der Waals surface area contributed by atoms with Crippen molar-refractivity contribution in [2.45, 2.75) is 6.42 Å². The number of rotatable bonds is 4. The minimum Gasteiger partial charge on any atom is -0.496 e. The highest BCUT2D eigenvalue weighted by atomic mass is 79.9. The van der Waals surface area contributed by atoms with Gasteiger partial charge >= 0.3 is 0 Å². The molecule has 2 aromatic rings. The quantitative estimate of drug-likeness (QED) is 0.943. The molecular weight excluding hydrogens is 294 g/mol. The van der Waals surface area contributed by atoms with Crippen molar-refractivity contribution in [1.29, 1.82) is 0 Å². The molecule has 2 N–H and O–H groups in total. The number of ether oxygens (including phenoxy) is 1. The van der Waals surface area contributed by atoms with Crippen LogP contribution in [-0.2, 0) is 13.5 Å². The van der Waals surface area contributed by atoms with Gasteiger partial charge in [0.25, 0.3) is 0 Å². The number of para-hydroxylation sites is 1. The molecule has 0 saturated heterocycles. The fourth-order valence-corrected chi connectivity index (χ4v) is 2.61. The van der Waals surface area contributed by atoms with Crippen molar-refractivity contribution in [3.63, 3.8) is 0 Å². The molecule has 0 aliphatic heterocycles. The van der Waals surface area contributed by atoms with E-state index in [1.54, 1.807) is 7.11 Å². The molecule has 0 radical (unpaired) electrons. The van der Waals surface area contributed by atoms with Crippen molar-refractivity contribution in [2.75, 3.05) is 13.7 Å². The first-order chi connectivity index (χ1) is 8.69. The molecule has 0 atom stereocenters. The molecule has 0 unspecified atom stereocenters. The van der Waals surface area contributed by atoms with E-state index >= 15 is 0 Å². The van der Waals surface area contributed by atoms with E-state index in [0.29, 0.717) is 6.54 Å². The Balaban J connectivity index is 2.54. The van der Waals surface area contributed by atoms with Crippen LogP contribution in [0.3, 0.4) is 0 Å². The van der Waals surface area contributed by atoms with E-state index in [-0.39, 0.29) is 0 Å². The predicted octanol–water partition coefficient (Wildman–Crippen LogP) is 2.36. The highest BCUT2D eigenvalue weighted by Crippen LogP contribution is 2.31. The summed E-state index contributed by atoms with van der Waals surface area (Å²) in [7, 11) is 3.65. The van der Waals surface area contributed by atoms with Gasteiger partial charge in [0.1, 0.15) is 16.2 Å². The van der Waals surface area contributed by atoms with Crippen LogP contribution in [0.2, 0.25) is 0 Å². The summed E-state index contributed by atoms with van der Waals surface area (Å²) in [5, 5.41) is 0. The normalized spacial score (nSPS) is 10.7. The van der Waals surface area contributed by atoms with Crippen LogP contribution in [0.1, 0.15) is 5.69 Å². The third kappa shape index (κ3) is 2.28. The lowest BCUT2D eigenvalue weighted by atomic mass is 10.2. The molecule has 1 aromatic carbocycles. The van der Waals surface area contributed by atoms with Gasteiger partial charge in [-0.1, -0.05) is 12.1 Å². The van der Waals surface area contributed by atoms with Crippen molar-refractivity contribution in [3.05, 3.63) is 34.6 Å². The molecular formula is C13H16BrN3O. The highest BCUT2D eigenvalue weighted by molar-refractivity contribution is 9.10. The van der Waals surface area contributed by atoms with Crippen molar-refractivity contribution in [1.82, 2.24) is 9.55 Å². The smallest absolute Gasteiger partial charge is 0.145 e. The number of nitrogens with zero attached hydrogens (tertiary/aromatic N) is 2. The molecule has 1 aromatic heterocycles. The van der Waals surface area contributed by atoms with Crippen LogP contribution < -0.4 is 10.5 Å². The van der Waals surface area contributed by atoms with Gasteiger partial charge in [0.2, 0.25) is 0 Å². The Hall–Kier alpha value is -1.33. The van der Waals surface area contributed by atoms with Gasteiger partial charge < -0.3 is 15.0 Å². The van der Waals surface area contributed by atoms with Gasteiger partial charge in [-0.2, -0.15) is 0 Å². The minimum absolute atomic E-state index is 0.601. The lowest BCUT2D eigenvalue weighted by Crippen LogP contribution is -2.07. The van der Waals surface area contributed by atoms with Crippen LogP contribution in [0, 0.1) is 0 Å². The molecule has 18 heavy (non-hydrogen) atoms. The topological polar surface area (TPSA) is 53.1 Å². The fourth-order valence-electron chi connectivity index (χ4n) is 1.98. The van der Waals surface area contributed by atoms with Crippen molar-refractivity contribution < 1.29 is 4.74 Å². The van der Waals surface area contributed by atoms with Gasteiger partial charge in [-0.15, -0.1) is 0 Å². The van der Waals surface area contributed by atoms with Crippen LogP contribution in [0.4, 0.5) is 0 Å². The summed E-state index contributed by atoms with van der Waals surface area (Å²) in [4.78, 5) is 4.55. The van der Waals surface area contributed by atoms with Crippen LogP contribution >= 0.6 is 15.9 Å². The zero-order valence-electron chi connectivity index (χ0n) is 10.5. The molecule has 5 heteroatoms. The molecule has 96 valence electrons. The molecule has 0 aliphatic rings. The third-order valence-corrected chi connectivity index (χ3v) is 3.53. The average molecular weight is 310 g/mol. The van der Waals surface area contributed by atoms with Gasteiger partial charge in [0.15, 0.2) is 0 Å². The standard InChI is InChI=1S/C13H16BrN3O/c1-17-10(7-8-15)12(14)16-13(17)9-5-3-4-6-11(9)18-2/h3-6H,7-8,15H2,1-2H3. The lowest BCUT2D eigenvalue weighted by Gasteiger charge is -2.09. The summed E-state index contributed by atoms with van der Waals surface area (Å²) < 4.78 is 8.26. The van der Waals surface area contributed by atoms with E-state index in [1.807, 2.05) is 31.3 Å². The predicted molar refractivity (Wildman–Crippen MR) is 75.7 cm³/mol. The molecule has 1 heterocycles. The summed E-state index contributed by atoms with van der Waals surface area (Å²) in [5.41, 5.74) is 7.69. The molecule has 0 bridgehead atoms. The van der Waals surface area contributed by atoms with E-state index in [4.69, 9.17) is 10.5 Å². The van der Waals surface area contributed by atoms with Gasteiger partial charge in [-0.25, -0.2) is 4.98 Å². The largest absolute Gasteiger partial charge is 0.496 e. The monoisotopic (exact) mass is 309 g/mol. The second-order valence-corrected chi connectivity index (χ2v) is 4.72. The Bertz CT molecular complexity index is 551. The van der Waals surface area contributed by atoms with Gasteiger partial charge in [0, 0.05) is 13.5 Å². The number of hydrogen-bond acceptors (Lipinski definition) is 3. The Morgan fingerprint density at radius 2 is 2.11 bits per heavy atom. The molecule has 0 spiro atoms. The Morgan fingerprint density at radius 3 is 2.78 bits per heavy atom. The van der Waals surface area contributed by atoms with E-state index in [2.05, 4.69) is 25.5 Å². The average Bonchev–Trinajstić information content (AvgIpc) is 2.67. The summed E-state index contributed by atoms with van der Waals surface area (Å²) in [5.74, 6) is 1.69.